The van der Waals surface area contributed by atoms with E-state index in [1.54, 1.807) is 0 Å². The van der Waals surface area contributed by atoms with Gasteiger partial charge < -0.3 is 14.5 Å². The largest absolute Gasteiger partial charge is 0.355 e. The van der Waals surface area contributed by atoms with E-state index in [4.69, 9.17) is 14.5 Å². The van der Waals surface area contributed by atoms with Crippen LogP contribution in [0.1, 0.15) is 25.6 Å². The van der Waals surface area contributed by atoms with E-state index in [1.807, 2.05) is 24.3 Å². The van der Waals surface area contributed by atoms with Gasteiger partial charge in [-0.2, -0.15) is 0 Å². The first-order valence-corrected chi connectivity index (χ1v) is 9.23. The molecule has 0 saturated heterocycles. The van der Waals surface area contributed by atoms with E-state index in [0.29, 0.717) is 13.4 Å². The van der Waals surface area contributed by atoms with Crippen molar-refractivity contribution in [2.45, 2.75) is 26.2 Å². The number of nitrogens with one attached hydrogen (secondary N) is 1. The molecule has 136 valence electrons. The zero-order valence-electron chi connectivity index (χ0n) is 15.3. The molecule has 0 saturated carbocycles. The molecule has 0 unspecified atom stereocenters. The summed E-state index contributed by atoms with van der Waals surface area (Å²) in [6, 6.07) is 20.7. The summed E-state index contributed by atoms with van der Waals surface area (Å²) in [6.07, 6.45) is 2.77. The molecule has 4 heteroatoms. The highest BCUT2D eigenvalue weighted by Crippen LogP contribution is 2.30. The lowest BCUT2D eigenvalue weighted by Gasteiger charge is -2.03. The summed E-state index contributed by atoms with van der Waals surface area (Å²) >= 11 is 0. The Balaban J connectivity index is 1.69. The lowest BCUT2D eigenvalue weighted by Crippen LogP contribution is -2.03. The number of benzene rings is 2. The van der Waals surface area contributed by atoms with Crippen molar-refractivity contribution < 1.29 is 9.47 Å². The number of ether oxygens (including phenoxy) is 2. The topological polar surface area (TPSA) is 47.1 Å². The van der Waals surface area contributed by atoms with Crippen molar-refractivity contribution in [3.8, 4) is 22.5 Å². The summed E-state index contributed by atoms with van der Waals surface area (Å²) in [6.45, 7) is 3.88. The van der Waals surface area contributed by atoms with Crippen molar-refractivity contribution in [2.75, 3.05) is 20.0 Å². The zero-order valence-corrected chi connectivity index (χ0v) is 15.3. The Morgan fingerprint density at radius 2 is 1.50 bits per heavy atom. The maximum Gasteiger partial charge on any atom is 0.146 e. The van der Waals surface area contributed by atoms with Gasteiger partial charge in [-0.3, -0.25) is 0 Å². The smallest absolute Gasteiger partial charge is 0.146 e. The van der Waals surface area contributed by atoms with Crippen molar-refractivity contribution in [3.05, 3.63) is 66.5 Å². The molecule has 2 aromatic carbocycles. The molecule has 1 N–H and O–H groups in total. The van der Waals surface area contributed by atoms with Crippen molar-refractivity contribution in [1.29, 1.82) is 0 Å². The van der Waals surface area contributed by atoms with Gasteiger partial charge in [-0.05, 0) is 12.8 Å². The third-order valence-electron chi connectivity index (χ3n) is 4.08. The predicted octanol–water partition coefficient (Wildman–Crippen LogP) is 5.08. The number of aromatic nitrogens is 2. The van der Waals surface area contributed by atoms with Crippen LogP contribution in [-0.2, 0) is 15.9 Å². The van der Waals surface area contributed by atoms with Gasteiger partial charge in [-0.15, -0.1) is 0 Å². The second kappa shape index (κ2) is 9.90. The summed E-state index contributed by atoms with van der Waals surface area (Å²) in [4.78, 5) is 8.37. The van der Waals surface area contributed by atoms with Gasteiger partial charge in [0.2, 0.25) is 0 Å². The van der Waals surface area contributed by atoms with E-state index < -0.39 is 0 Å². The van der Waals surface area contributed by atoms with Crippen molar-refractivity contribution >= 4 is 0 Å². The van der Waals surface area contributed by atoms with Gasteiger partial charge in [0, 0.05) is 30.8 Å². The predicted molar refractivity (Wildman–Crippen MR) is 105 cm³/mol. The third kappa shape index (κ3) is 5.04. The van der Waals surface area contributed by atoms with Crippen LogP contribution in [0.15, 0.2) is 60.7 Å². The molecule has 0 atom stereocenters. The Morgan fingerprint density at radius 3 is 2.19 bits per heavy atom. The lowest BCUT2D eigenvalue weighted by molar-refractivity contribution is -0.0540. The fraction of sp³-hybridized carbons (Fsp3) is 0.318. The van der Waals surface area contributed by atoms with Crippen LogP contribution in [0.2, 0.25) is 0 Å². The normalized spacial score (nSPS) is 11.0. The van der Waals surface area contributed by atoms with E-state index in [1.165, 1.54) is 0 Å². The molecule has 0 amide bonds. The number of rotatable bonds is 10. The third-order valence-corrected chi connectivity index (χ3v) is 4.08. The van der Waals surface area contributed by atoms with Gasteiger partial charge in [0.15, 0.2) is 0 Å². The fourth-order valence-corrected chi connectivity index (χ4v) is 2.82. The first-order chi connectivity index (χ1) is 12.9. The minimum atomic E-state index is 0.372. The van der Waals surface area contributed by atoms with Crippen molar-refractivity contribution in [1.82, 2.24) is 9.97 Å². The number of aromatic amines is 1. The highest BCUT2D eigenvalue weighted by molar-refractivity contribution is 5.78. The number of H-pyrrole nitrogens is 1. The Hall–Kier alpha value is -2.43. The molecule has 0 spiro atoms. The van der Waals surface area contributed by atoms with E-state index in [2.05, 4.69) is 48.3 Å². The molecule has 0 bridgehead atoms. The van der Waals surface area contributed by atoms with Crippen LogP contribution in [0.3, 0.4) is 0 Å². The van der Waals surface area contributed by atoms with Crippen LogP contribution in [0.5, 0.6) is 0 Å². The van der Waals surface area contributed by atoms with E-state index in [9.17, 15) is 0 Å². The summed E-state index contributed by atoms with van der Waals surface area (Å²) in [5.74, 6) is 0.987. The molecule has 0 radical (unpaired) electrons. The van der Waals surface area contributed by atoms with Gasteiger partial charge in [-0.25, -0.2) is 4.98 Å². The minimum Gasteiger partial charge on any atom is -0.355 e. The molecular formula is C22H26N2O2. The Kier molecular flexibility index (Phi) is 6.99. The van der Waals surface area contributed by atoms with Crippen LogP contribution in [0.25, 0.3) is 22.5 Å². The molecule has 1 heterocycles. The molecule has 0 aliphatic rings. The van der Waals surface area contributed by atoms with Crippen LogP contribution < -0.4 is 0 Å². The van der Waals surface area contributed by atoms with Gasteiger partial charge in [-0.1, -0.05) is 67.6 Å². The SMILES string of the molecule is CCCOCOCCCc1nc(-c2ccccc2)c(-c2ccccc2)[nH]1. The summed E-state index contributed by atoms with van der Waals surface area (Å²) < 4.78 is 10.8. The van der Waals surface area contributed by atoms with Crippen LogP contribution in [0.4, 0.5) is 0 Å². The quantitative estimate of drug-likeness (QED) is 0.410. The molecule has 26 heavy (non-hydrogen) atoms. The van der Waals surface area contributed by atoms with Crippen LogP contribution in [-0.4, -0.2) is 30.0 Å². The molecule has 0 aliphatic carbocycles. The molecular weight excluding hydrogens is 324 g/mol. The molecule has 3 rings (SSSR count). The highest BCUT2D eigenvalue weighted by Gasteiger charge is 2.13. The average Bonchev–Trinajstić information content (AvgIpc) is 3.13. The average molecular weight is 350 g/mol. The number of hydrogen-bond acceptors (Lipinski definition) is 3. The summed E-state index contributed by atoms with van der Waals surface area (Å²) in [7, 11) is 0. The van der Waals surface area contributed by atoms with Crippen molar-refractivity contribution in [2.24, 2.45) is 0 Å². The van der Waals surface area contributed by atoms with Crippen LogP contribution >= 0.6 is 0 Å². The number of nitrogens with zero attached hydrogens (tertiary/aromatic N) is 1. The van der Waals surface area contributed by atoms with Gasteiger partial charge in [0.05, 0.1) is 11.4 Å². The van der Waals surface area contributed by atoms with Crippen LogP contribution in [0, 0.1) is 0 Å². The fourth-order valence-electron chi connectivity index (χ4n) is 2.82. The molecule has 1 aromatic heterocycles. The Bertz CT molecular complexity index is 712. The Labute approximate surface area is 155 Å². The van der Waals surface area contributed by atoms with E-state index >= 15 is 0 Å². The standard InChI is InChI=1S/C22H26N2O2/c1-2-15-25-17-26-16-9-14-20-23-21(18-10-5-3-6-11-18)22(24-20)19-12-7-4-8-13-19/h3-8,10-13H,2,9,14-17H2,1H3,(H,23,24). The Morgan fingerprint density at radius 1 is 0.846 bits per heavy atom. The lowest BCUT2D eigenvalue weighted by atomic mass is 10.1. The van der Waals surface area contributed by atoms with Gasteiger partial charge >= 0.3 is 0 Å². The molecule has 4 nitrogen and oxygen atoms in total. The molecule has 3 aromatic rings. The second-order valence-electron chi connectivity index (χ2n) is 6.18. The highest BCUT2D eigenvalue weighted by atomic mass is 16.7. The maximum atomic E-state index is 5.50. The number of imidazole rings is 1. The number of hydrogen-bond donors (Lipinski definition) is 1. The zero-order chi connectivity index (χ0) is 18.0. The number of aryl methyl sites for hydroxylation is 1. The summed E-state index contributed by atoms with van der Waals surface area (Å²) in [5, 5.41) is 0. The molecule has 0 fully saturated rings. The first kappa shape index (κ1) is 18.4. The van der Waals surface area contributed by atoms with Gasteiger partial charge in [0.25, 0.3) is 0 Å². The second-order valence-corrected chi connectivity index (χ2v) is 6.18. The summed E-state index contributed by atoms with van der Waals surface area (Å²) in [5.41, 5.74) is 4.34. The monoisotopic (exact) mass is 350 g/mol. The van der Waals surface area contributed by atoms with Crippen molar-refractivity contribution in [3.63, 3.8) is 0 Å². The molecule has 0 aliphatic heterocycles. The van der Waals surface area contributed by atoms with E-state index in [0.717, 1.165) is 54.2 Å². The maximum absolute atomic E-state index is 5.50. The van der Waals surface area contributed by atoms with Gasteiger partial charge in [0.1, 0.15) is 12.6 Å². The van der Waals surface area contributed by atoms with E-state index in [-0.39, 0.29) is 0 Å². The first-order valence-electron chi connectivity index (χ1n) is 9.23. The minimum absolute atomic E-state index is 0.372.